The minimum atomic E-state index is -0.0539. The Labute approximate surface area is 174 Å². The molecule has 5 fully saturated rings. The standard InChI is InChI=1S/C23H35N5O/c1-16-26-20(12-21(27-16)28-7-3-2-4-8-28)24-5-6-25-22(29)23-13-17-9-18(14-23)11-19(10-17)15-23/h12,17-19H,2-11,13-15H2,1H3,(H,25,29)(H,24,26,27). The van der Waals surface area contributed by atoms with E-state index in [2.05, 4.69) is 31.6 Å². The molecule has 1 aromatic rings. The molecule has 158 valence electrons. The first kappa shape index (κ1) is 19.1. The maximum atomic E-state index is 13.1. The van der Waals surface area contributed by atoms with Crippen molar-refractivity contribution < 1.29 is 4.79 Å². The Morgan fingerprint density at radius 2 is 1.69 bits per heavy atom. The topological polar surface area (TPSA) is 70.2 Å². The van der Waals surface area contributed by atoms with Gasteiger partial charge in [0.25, 0.3) is 0 Å². The number of aryl methyl sites for hydroxylation is 1. The van der Waals surface area contributed by atoms with Gasteiger partial charge in [0, 0.05) is 37.7 Å². The minimum absolute atomic E-state index is 0.0539. The van der Waals surface area contributed by atoms with Crippen LogP contribution in [-0.2, 0) is 4.79 Å². The number of hydrogen-bond acceptors (Lipinski definition) is 5. The summed E-state index contributed by atoms with van der Waals surface area (Å²) in [5.74, 6) is 5.42. The zero-order valence-corrected chi connectivity index (χ0v) is 17.8. The highest BCUT2D eigenvalue weighted by Gasteiger charge is 2.54. The van der Waals surface area contributed by atoms with Gasteiger partial charge in [-0.25, -0.2) is 9.97 Å². The van der Waals surface area contributed by atoms with Crippen molar-refractivity contribution in [3.63, 3.8) is 0 Å². The van der Waals surface area contributed by atoms with Gasteiger partial charge in [0.1, 0.15) is 17.5 Å². The quantitative estimate of drug-likeness (QED) is 0.719. The van der Waals surface area contributed by atoms with Crippen molar-refractivity contribution in [3.05, 3.63) is 11.9 Å². The second-order valence-electron chi connectivity index (χ2n) is 10.1. The monoisotopic (exact) mass is 397 g/mol. The Hall–Kier alpha value is -1.85. The number of carbonyl (C=O) groups is 1. The highest BCUT2D eigenvalue weighted by molar-refractivity contribution is 5.83. The highest BCUT2D eigenvalue weighted by Crippen LogP contribution is 2.60. The van der Waals surface area contributed by atoms with Gasteiger partial charge in [-0.1, -0.05) is 0 Å². The molecule has 6 rings (SSSR count). The normalized spacial score (nSPS) is 33.0. The fourth-order valence-corrected chi connectivity index (χ4v) is 6.87. The summed E-state index contributed by atoms with van der Waals surface area (Å²) in [6.07, 6.45) is 11.3. The number of hydrogen-bond donors (Lipinski definition) is 2. The molecule has 1 aliphatic heterocycles. The molecule has 1 aromatic heterocycles. The predicted molar refractivity (Wildman–Crippen MR) is 115 cm³/mol. The third-order valence-electron chi connectivity index (χ3n) is 7.74. The van der Waals surface area contributed by atoms with Crippen molar-refractivity contribution in [3.8, 4) is 0 Å². The number of rotatable bonds is 6. The molecule has 1 saturated heterocycles. The summed E-state index contributed by atoms with van der Waals surface area (Å²) < 4.78 is 0. The first-order valence-corrected chi connectivity index (χ1v) is 11.7. The van der Waals surface area contributed by atoms with Crippen LogP contribution in [0.5, 0.6) is 0 Å². The van der Waals surface area contributed by atoms with Gasteiger partial charge in [-0.2, -0.15) is 0 Å². The van der Waals surface area contributed by atoms with Gasteiger partial charge >= 0.3 is 0 Å². The summed E-state index contributed by atoms with van der Waals surface area (Å²) in [5.41, 5.74) is -0.0539. The summed E-state index contributed by atoms with van der Waals surface area (Å²) in [7, 11) is 0. The lowest BCUT2D eigenvalue weighted by atomic mass is 9.49. The van der Waals surface area contributed by atoms with Gasteiger partial charge < -0.3 is 15.5 Å². The Kier molecular flexibility index (Phi) is 5.12. The lowest BCUT2D eigenvalue weighted by Crippen LogP contribution is -2.54. The molecule has 2 heterocycles. The minimum Gasteiger partial charge on any atom is -0.368 e. The van der Waals surface area contributed by atoms with Crippen molar-refractivity contribution in [2.45, 2.75) is 64.7 Å². The van der Waals surface area contributed by atoms with E-state index in [9.17, 15) is 4.79 Å². The number of carbonyl (C=O) groups excluding carboxylic acids is 1. The van der Waals surface area contributed by atoms with Gasteiger partial charge in [0.05, 0.1) is 0 Å². The van der Waals surface area contributed by atoms with Gasteiger partial charge in [0.2, 0.25) is 5.91 Å². The van der Waals surface area contributed by atoms with E-state index in [1.165, 1.54) is 38.5 Å². The van der Waals surface area contributed by atoms with Crippen molar-refractivity contribution in [2.24, 2.45) is 23.2 Å². The van der Waals surface area contributed by atoms with Crippen LogP contribution in [0, 0.1) is 30.1 Å². The fourth-order valence-electron chi connectivity index (χ4n) is 6.87. The molecular formula is C23H35N5O. The highest BCUT2D eigenvalue weighted by atomic mass is 16.2. The first-order valence-electron chi connectivity index (χ1n) is 11.7. The number of nitrogens with one attached hydrogen (secondary N) is 2. The average molecular weight is 398 g/mol. The van der Waals surface area contributed by atoms with Crippen LogP contribution in [0.25, 0.3) is 0 Å². The Balaban J connectivity index is 1.14. The molecule has 0 atom stereocenters. The summed E-state index contributed by atoms with van der Waals surface area (Å²) in [4.78, 5) is 24.6. The number of nitrogens with zero attached hydrogens (tertiary/aromatic N) is 3. The second kappa shape index (κ2) is 7.77. The maximum absolute atomic E-state index is 13.1. The fraction of sp³-hybridized carbons (Fsp3) is 0.783. The third kappa shape index (κ3) is 3.95. The van der Waals surface area contributed by atoms with Crippen molar-refractivity contribution in [1.29, 1.82) is 0 Å². The molecule has 6 heteroatoms. The van der Waals surface area contributed by atoms with Gasteiger partial charge in [0.15, 0.2) is 0 Å². The molecule has 0 spiro atoms. The van der Waals surface area contributed by atoms with E-state index in [4.69, 9.17) is 0 Å². The van der Waals surface area contributed by atoms with Crippen LogP contribution in [0.4, 0.5) is 11.6 Å². The van der Waals surface area contributed by atoms with Gasteiger partial charge in [-0.15, -0.1) is 0 Å². The van der Waals surface area contributed by atoms with Gasteiger partial charge in [-0.05, 0) is 82.5 Å². The molecule has 4 saturated carbocycles. The molecule has 1 amide bonds. The van der Waals surface area contributed by atoms with Crippen molar-refractivity contribution in [1.82, 2.24) is 15.3 Å². The zero-order chi connectivity index (χ0) is 19.8. The van der Waals surface area contributed by atoms with Crippen molar-refractivity contribution in [2.75, 3.05) is 36.4 Å². The van der Waals surface area contributed by atoms with E-state index >= 15 is 0 Å². The second-order valence-corrected chi connectivity index (χ2v) is 10.1. The van der Waals surface area contributed by atoms with Crippen LogP contribution in [0.3, 0.4) is 0 Å². The predicted octanol–water partition coefficient (Wildman–Crippen LogP) is 3.52. The van der Waals surface area contributed by atoms with Crippen LogP contribution in [0.1, 0.15) is 63.6 Å². The molecule has 4 bridgehead atoms. The summed E-state index contributed by atoms with van der Waals surface area (Å²) in [6, 6.07) is 2.05. The van der Waals surface area contributed by atoms with E-state index in [1.54, 1.807) is 0 Å². The first-order chi connectivity index (χ1) is 14.1. The number of amides is 1. The van der Waals surface area contributed by atoms with Crippen LogP contribution >= 0.6 is 0 Å². The van der Waals surface area contributed by atoms with E-state index in [1.807, 2.05) is 6.92 Å². The van der Waals surface area contributed by atoms with Crippen LogP contribution < -0.4 is 15.5 Å². The van der Waals surface area contributed by atoms with Gasteiger partial charge in [-0.3, -0.25) is 4.79 Å². The third-order valence-corrected chi connectivity index (χ3v) is 7.74. The molecule has 0 radical (unpaired) electrons. The summed E-state index contributed by atoms with van der Waals surface area (Å²) in [5, 5.41) is 6.65. The van der Waals surface area contributed by atoms with Crippen LogP contribution in [-0.4, -0.2) is 42.1 Å². The Morgan fingerprint density at radius 3 is 2.34 bits per heavy atom. The molecule has 2 N–H and O–H groups in total. The van der Waals surface area contributed by atoms with E-state index < -0.39 is 0 Å². The number of anilines is 2. The van der Waals surface area contributed by atoms with E-state index in [0.717, 1.165) is 67.6 Å². The summed E-state index contributed by atoms with van der Waals surface area (Å²) >= 11 is 0. The lowest BCUT2D eigenvalue weighted by Gasteiger charge is -2.55. The van der Waals surface area contributed by atoms with E-state index in [-0.39, 0.29) is 5.41 Å². The van der Waals surface area contributed by atoms with E-state index in [0.29, 0.717) is 19.0 Å². The molecule has 5 aliphatic rings. The lowest BCUT2D eigenvalue weighted by molar-refractivity contribution is -0.146. The molecule has 29 heavy (non-hydrogen) atoms. The van der Waals surface area contributed by atoms with Crippen LogP contribution in [0.2, 0.25) is 0 Å². The Morgan fingerprint density at radius 1 is 1.03 bits per heavy atom. The zero-order valence-electron chi connectivity index (χ0n) is 17.8. The largest absolute Gasteiger partial charge is 0.368 e. The molecule has 6 nitrogen and oxygen atoms in total. The summed E-state index contributed by atoms with van der Waals surface area (Å²) in [6.45, 7) is 5.47. The molecule has 0 aromatic carbocycles. The SMILES string of the molecule is Cc1nc(NCCNC(=O)C23CC4CC(CC(C4)C2)C3)cc(N2CCCCC2)n1. The molecule has 4 aliphatic carbocycles. The van der Waals surface area contributed by atoms with Crippen molar-refractivity contribution >= 4 is 17.5 Å². The smallest absolute Gasteiger partial charge is 0.226 e. The number of aromatic nitrogens is 2. The molecule has 0 unspecified atom stereocenters. The average Bonchev–Trinajstić information content (AvgIpc) is 2.70. The molecular weight excluding hydrogens is 362 g/mol. The maximum Gasteiger partial charge on any atom is 0.226 e. The Bertz CT molecular complexity index is 722. The van der Waals surface area contributed by atoms with Crippen LogP contribution in [0.15, 0.2) is 6.07 Å². The number of piperidine rings is 1.